The highest BCUT2D eigenvalue weighted by Gasteiger charge is 2.34. The maximum Gasteiger partial charge on any atom is 0.404 e. The van der Waals surface area contributed by atoms with E-state index < -0.39 is 18.6 Å². The second-order valence-electron chi connectivity index (χ2n) is 9.05. The number of rotatable bonds is 5. The lowest BCUT2D eigenvalue weighted by Crippen LogP contribution is -2.34. The molecule has 8 nitrogen and oxygen atoms in total. The minimum Gasteiger partial charge on any atom is -0.465 e. The topological polar surface area (TPSA) is 106 Å². The van der Waals surface area contributed by atoms with E-state index in [-0.39, 0.29) is 16.8 Å². The van der Waals surface area contributed by atoms with E-state index in [0.717, 1.165) is 30.5 Å². The summed E-state index contributed by atoms with van der Waals surface area (Å²) < 4.78 is 36.1. The summed E-state index contributed by atoms with van der Waals surface area (Å²) in [6, 6.07) is 4.27. The molecule has 2 heterocycles. The van der Waals surface area contributed by atoms with Gasteiger partial charge in [0.2, 0.25) is 5.82 Å². The molecule has 10 heteroatoms. The van der Waals surface area contributed by atoms with Crippen molar-refractivity contribution in [1.82, 2.24) is 25.2 Å². The molecular weight excluding hydrogens is 420 g/mol. The zero-order valence-corrected chi connectivity index (χ0v) is 18.4. The third-order valence-corrected chi connectivity index (χ3v) is 5.94. The zero-order valence-electron chi connectivity index (χ0n) is 18.4. The Morgan fingerprint density at radius 3 is 2.81 bits per heavy atom. The summed E-state index contributed by atoms with van der Waals surface area (Å²) in [7, 11) is 1.91. The summed E-state index contributed by atoms with van der Waals surface area (Å²) in [5, 5.41) is 19.0. The zero-order chi connectivity index (χ0) is 23.3. The van der Waals surface area contributed by atoms with Crippen molar-refractivity contribution in [3.05, 3.63) is 40.6 Å². The molecular formula is C22H25F2N5O3. The van der Waals surface area contributed by atoms with Gasteiger partial charge in [0.1, 0.15) is 0 Å². The second-order valence-corrected chi connectivity index (χ2v) is 9.05. The number of fused-ring (bicyclic) bond motifs is 1. The molecule has 1 aliphatic carbocycles. The lowest BCUT2D eigenvalue weighted by molar-refractivity contribution is -0.00278. The molecule has 0 saturated carbocycles. The quantitative estimate of drug-likeness (QED) is 0.606. The van der Waals surface area contributed by atoms with Crippen LogP contribution in [0.25, 0.3) is 23.0 Å². The number of carboxylic acid groups (broad SMARTS) is 1. The van der Waals surface area contributed by atoms with Crippen LogP contribution in [0.5, 0.6) is 0 Å². The number of aromatic nitrogens is 4. The smallest absolute Gasteiger partial charge is 0.404 e. The first-order chi connectivity index (χ1) is 15.0. The Morgan fingerprint density at radius 2 is 2.12 bits per heavy atom. The summed E-state index contributed by atoms with van der Waals surface area (Å²) >= 11 is 0. The Labute approximate surface area is 183 Å². The third kappa shape index (κ3) is 4.09. The molecule has 0 radical (unpaired) electrons. The van der Waals surface area contributed by atoms with E-state index in [2.05, 4.69) is 29.1 Å². The van der Waals surface area contributed by atoms with Crippen molar-refractivity contribution >= 4 is 6.09 Å². The maximum atomic E-state index is 14.4. The predicted molar refractivity (Wildman–Crippen MR) is 112 cm³/mol. The summed E-state index contributed by atoms with van der Waals surface area (Å²) in [5.41, 5.74) is 3.70. The van der Waals surface area contributed by atoms with Crippen LogP contribution in [0.4, 0.5) is 13.6 Å². The highest BCUT2D eigenvalue weighted by molar-refractivity contribution is 5.65. The normalized spacial score (nSPS) is 15.4. The van der Waals surface area contributed by atoms with Crippen molar-refractivity contribution in [1.29, 1.82) is 0 Å². The Kier molecular flexibility index (Phi) is 5.26. The lowest BCUT2D eigenvalue weighted by Gasteiger charge is -2.29. The van der Waals surface area contributed by atoms with E-state index in [1.54, 1.807) is 5.32 Å². The fraction of sp³-hybridized carbons (Fsp3) is 0.455. The van der Waals surface area contributed by atoms with Crippen molar-refractivity contribution in [3.8, 4) is 23.0 Å². The number of halogens is 2. The standard InChI is InChI=1S/C22H25F2N5O3/c1-12-9-13(5-6-15(12)22(23,24)11-25-20(30)31)18-26-19(32-28-18)17-14-7-8-21(2,3)10-16(14)29(4)27-17/h5-6,9,25H,7-8,10-11H2,1-4H3,(H,30,31). The van der Waals surface area contributed by atoms with Gasteiger partial charge in [0.05, 0.1) is 6.54 Å². The number of nitrogens with one attached hydrogen (secondary N) is 1. The van der Waals surface area contributed by atoms with Crippen LogP contribution in [0, 0.1) is 12.3 Å². The number of hydrogen-bond donors (Lipinski definition) is 2. The van der Waals surface area contributed by atoms with E-state index in [1.807, 2.05) is 11.7 Å². The number of nitrogens with zero attached hydrogens (tertiary/aromatic N) is 4. The highest BCUT2D eigenvalue weighted by atomic mass is 19.3. The Balaban J connectivity index is 1.61. The minimum absolute atomic E-state index is 0.208. The molecule has 0 atom stereocenters. The van der Waals surface area contributed by atoms with Crippen molar-refractivity contribution in [2.24, 2.45) is 12.5 Å². The van der Waals surface area contributed by atoms with Gasteiger partial charge >= 0.3 is 6.09 Å². The van der Waals surface area contributed by atoms with Crippen LogP contribution < -0.4 is 5.32 Å². The van der Waals surface area contributed by atoms with Crippen LogP contribution in [0.2, 0.25) is 0 Å². The average molecular weight is 445 g/mol. The van der Waals surface area contributed by atoms with Gasteiger partial charge in [0, 0.05) is 29.4 Å². The maximum absolute atomic E-state index is 14.4. The van der Waals surface area contributed by atoms with Gasteiger partial charge in [0.25, 0.3) is 11.8 Å². The van der Waals surface area contributed by atoms with Gasteiger partial charge in [0.15, 0.2) is 5.69 Å². The van der Waals surface area contributed by atoms with Gasteiger partial charge in [-0.05, 0) is 43.2 Å². The van der Waals surface area contributed by atoms with Crippen LogP contribution in [-0.4, -0.2) is 37.7 Å². The average Bonchev–Trinajstić information content (AvgIpc) is 3.31. The molecule has 32 heavy (non-hydrogen) atoms. The van der Waals surface area contributed by atoms with Crippen LogP contribution in [-0.2, 0) is 25.8 Å². The van der Waals surface area contributed by atoms with Crippen molar-refractivity contribution in [2.45, 2.75) is 46.0 Å². The van der Waals surface area contributed by atoms with Gasteiger partial charge in [-0.25, -0.2) is 4.79 Å². The van der Waals surface area contributed by atoms with Crippen molar-refractivity contribution < 1.29 is 23.2 Å². The molecule has 0 spiro atoms. The summed E-state index contributed by atoms with van der Waals surface area (Å²) in [6.45, 7) is 5.00. The first kappa shape index (κ1) is 21.9. The molecule has 0 bridgehead atoms. The Morgan fingerprint density at radius 1 is 1.38 bits per heavy atom. The predicted octanol–water partition coefficient (Wildman–Crippen LogP) is 4.32. The van der Waals surface area contributed by atoms with E-state index in [4.69, 9.17) is 9.63 Å². The number of carbonyl (C=O) groups is 1. The molecule has 0 unspecified atom stereocenters. The molecule has 2 N–H and O–H groups in total. The van der Waals surface area contributed by atoms with E-state index >= 15 is 0 Å². The van der Waals surface area contributed by atoms with Crippen LogP contribution in [0.1, 0.15) is 42.7 Å². The molecule has 3 aromatic rings. The Bertz CT molecular complexity index is 1180. The van der Waals surface area contributed by atoms with Crippen molar-refractivity contribution in [2.75, 3.05) is 6.54 Å². The third-order valence-electron chi connectivity index (χ3n) is 5.94. The largest absolute Gasteiger partial charge is 0.465 e. The number of benzene rings is 1. The second kappa shape index (κ2) is 7.68. The van der Waals surface area contributed by atoms with Crippen molar-refractivity contribution in [3.63, 3.8) is 0 Å². The fourth-order valence-corrected chi connectivity index (χ4v) is 4.20. The van der Waals surface area contributed by atoms with Gasteiger partial charge in [-0.1, -0.05) is 31.1 Å². The van der Waals surface area contributed by atoms with E-state index in [1.165, 1.54) is 25.1 Å². The molecule has 170 valence electrons. The number of aryl methyl sites for hydroxylation is 2. The number of amides is 1. The fourth-order valence-electron chi connectivity index (χ4n) is 4.20. The molecule has 0 saturated heterocycles. The summed E-state index contributed by atoms with van der Waals surface area (Å²) in [6.07, 6.45) is 1.32. The van der Waals surface area contributed by atoms with Crippen LogP contribution >= 0.6 is 0 Å². The van der Waals surface area contributed by atoms with E-state index in [9.17, 15) is 13.6 Å². The van der Waals surface area contributed by atoms with Crippen LogP contribution in [0.3, 0.4) is 0 Å². The molecule has 0 fully saturated rings. The minimum atomic E-state index is -3.34. The lowest BCUT2D eigenvalue weighted by atomic mass is 9.76. The number of alkyl halides is 2. The Hall–Kier alpha value is -3.30. The molecule has 0 aliphatic heterocycles. The first-order valence-corrected chi connectivity index (χ1v) is 10.3. The SMILES string of the molecule is Cc1cc(-c2noc(-c3nn(C)c4c3CCC(C)(C)C4)n2)ccc1C(F)(F)CNC(=O)O. The number of hydrogen-bond acceptors (Lipinski definition) is 5. The first-order valence-electron chi connectivity index (χ1n) is 10.3. The van der Waals surface area contributed by atoms with Gasteiger partial charge in [-0.3, -0.25) is 4.68 Å². The molecule has 1 aromatic carbocycles. The van der Waals surface area contributed by atoms with Crippen LogP contribution in [0.15, 0.2) is 22.7 Å². The van der Waals surface area contributed by atoms with E-state index in [0.29, 0.717) is 22.7 Å². The van der Waals surface area contributed by atoms with Gasteiger partial charge in [-0.2, -0.15) is 18.9 Å². The highest BCUT2D eigenvalue weighted by Crippen LogP contribution is 2.39. The summed E-state index contributed by atoms with van der Waals surface area (Å²) in [4.78, 5) is 15.0. The molecule has 4 rings (SSSR count). The molecule has 2 aromatic heterocycles. The monoisotopic (exact) mass is 445 g/mol. The van der Waals surface area contributed by atoms with Gasteiger partial charge in [-0.15, -0.1) is 0 Å². The van der Waals surface area contributed by atoms with Gasteiger partial charge < -0.3 is 14.9 Å². The molecule has 1 aliphatic rings. The summed E-state index contributed by atoms with van der Waals surface area (Å²) in [5.74, 6) is -2.77. The molecule has 1 amide bonds.